The molecule has 0 atom stereocenters. The molecule has 3 fully saturated rings. The third kappa shape index (κ3) is 4.11. The fourth-order valence-electron chi connectivity index (χ4n) is 3.92. The summed E-state index contributed by atoms with van der Waals surface area (Å²) in [6, 6.07) is 0. The summed E-state index contributed by atoms with van der Waals surface area (Å²) in [5.74, 6) is 2.31. The van der Waals surface area contributed by atoms with Gasteiger partial charge >= 0.3 is 0 Å². The maximum Gasteiger partial charge on any atom is -0.0386 e. The highest BCUT2D eigenvalue weighted by atomic mass is 14.3. The Bertz CT molecular complexity index is 131. The molecular weight excluding hydrogens is 192 g/mol. The van der Waals surface area contributed by atoms with Crippen LogP contribution in [0.2, 0.25) is 0 Å². The lowest BCUT2D eigenvalue weighted by Gasteiger charge is -2.35. The second kappa shape index (κ2) is 7.35. The minimum Gasteiger partial charge on any atom is -0.0533 e. The summed E-state index contributed by atoms with van der Waals surface area (Å²) < 4.78 is 0. The van der Waals surface area contributed by atoms with Crippen LogP contribution in [-0.4, -0.2) is 0 Å². The van der Waals surface area contributed by atoms with Crippen molar-refractivity contribution in [3.63, 3.8) is 0 Å². The van der Waals surface area contributed by atoms with E-state index in [1.54, 1.807) is 25.7 Å². The van der Waals surface area contributed by atoms with Crippen LogP contribution in [0.25, 0.3) is 0 Å². The number of fused-ring (bicyclic) bond motifs is 1. The highest BCUT2D eigenvalue weighted by Crippen LogP contribution is 2.39. The maximum atomic E-state index is 1.56. The van der Waals surface area contributed by atoms with Gasteiger partial charge in [-0.05, 0) is 11.8 Å². The van der Waals surface area contributed by atoms with Crippen LogP contribution in [0.4, 0.5) is 0 Å². The van der Waals surface area contributed by atoms with E-state index in [4.69, 9.17) is 0 Å². The van der Waals surface area contributed by atoms with Gasteiger partial charge < -0.3 is 0 Å². The van der Waals surface area contributed by atoms with Crippen molar-refractivity contribution in [2.45, 2.75) is 89.9 Å². The minimum absolute atomic E-state index is 1.16. The summed E-state index contributed by atoms with van der Waals surface area (Å²) in [7, 11) is 0. The van der Waals surface area contributed by atoms with E-state index in [2.05, 4.69) is 0 Å². The number of hydrogen-bond acceptors (Lipinski definition) is 0. The standard InChI is InChI=1S/C10H18.C6H12/c1-2-6-10-8-4-3-7-9(10)5-1;1-2-4-6-5-3-1/h9-10H,1-8H2;1-6H2. The molecule has 0 aromatic rings. The average Bonchev–Trinajstić information content (AvgIpc) is 2.42. The first-order valence-electron chi connectivity index (χ1n) is 7.97. The zero-order chi connectivity index (χ0) is 11.1. The van der Waals surface area contributed by atoms with Crippen LogP contribution in [0.5, 0.6) is 0 Å². The predicted octanol–water partition coefficient (Wildman–Crippen LogP) is 5.71. The maximum absolute atomic E-state index is 1.56. The Morgan fingerprint density at radius 1 is 0.312 bits per heavy atom. The van der Waals surface area contributed by atoms with Crippen molar-refractivity contribution in [1.82, 2.24) is 0 Å². The molecule has 0 aromatic heterocycles. The van der Waals surface area contributed by atoms with Crippen molar-refractivity contribution in [3.05, 3.63) is 0 Å². The summed E-state index contributed by atoms with van der Waals surface area (Å²) in [6.07, 6.45) is 21.4. The molecule has 0 nitrogen and oxygen atoms in total. The predicted molar refractivity (Wildman–Crippen MR) is 71.6 cm³/mol. The van der Waals surface area contributed by atoms with Crippen LogP contribution < -0.4 is 0 Å². The molecule has 0 aliphatic heterocycles. The molecule has 0 bridgehead atoms. The Kier molecular flexibility index (Phi) is 5.72. The van der Waals surface area contributed by atoms with Crippen LogP contribution in [0.1, 0.15) is 89.9 Å². The lowest BCUT2D eigenvalue weighted by atomic mass is 9.71. The molecular formula is C16H30. The van der Waals surface area contributed by atoms with Gasteiger partial charge in [0.1, 0.15) is 0 Å². The molecule has 0 heterocycles. The third-order valence-corrected chi connectivity index (χ3v) is 4.97. The van der Waals surface area contributed by atoms with Crippen molar-refractivity contribution < 1.29 is 0 Å². The number of rotatable bonds is 0. The largest absolute Gasteiger partial charge is 0.0533 e. The van der Waals surface area contributed by atoms with Gasteiger partial charge in [-0.1, -0.05) is 89.9 Å². The summed E-state index contributed by atoms with van der Waals surface area (Å²) in [5, 5.41) is 0. The van der Waals surface area contributed by atoms with Crippen molar-refractivity contribution in [3.8, 4) is 0 Å². The van der Waals surface area contributed by atoms with E-state index in [0.717, 1.165) is 11.8 Å². The van der Waals surface area contributed by atoms with E-state index in [0.29, 0.717) is 0 Å². The van der Waals surface area contributed by atoms with Crippen molar-refractivity contribution in [1.29, 1.82) is 0 Å². The summed E-state index contributed by atoms with van der Waals surface area (Å²) in [6.45, 7) is 0. The first-order chi connectivity index (χ1) is 7.97. The van der Waals surface area contributed by atoms with Crippen LogP contribution in [-0.2, 0) is 0 Å². The van der Waals surface area contributed by atoms with Gasteiger partial charge in [-0.2, -0.15) is 0 Å². The second-order valence-electron chi connectivity index (χ2n) is 6.21. The molecule has 0 heteroatoms. The minimum atomic E-state index is 1.16. The first kappa shape index (κ1) is 12.5. The highest BCUT2D eigenvalue weighted by molar-refractivity contribution is 4.78. The van der Waals surface area contributed by atoms with E-state index >= 15 is 0 Å². The van der Waals surface area contributed by atoms with Gasteiger partial charge in [-0.15, -0.1) is 0 Å². The Balaban J connectivity index is 0.000000138. The Morgan fingerprint density at radius 3 is 0.812 bits per heavy atom. The van der Waals surface area contributed by atoms with Gasteiger partial charge in [0.15, 0.2) is 0 Å². The van der Waals surface area contributed by atoms with Crippen LogP contribution in [0.15, 0.2) is 0 Å². The summed E-state index contributed by atoms with van der Waals surface area (Å²) in [5.41, 5.74) is 0. The lowest BCUT2D eigenvalue weighted by Crippen LogP contribution is -2.22. The zero-order valence-corrected chi connectivity index (χ0v) is 11.1. The zero-order valence-electron chi connectivity index (χ0n) is 11.1. The molecule has 0 unspecified atom stereocenters. The van der Waals surface area contributed by atoms with E-state index in [1.165, 1.54) is 64.2 Å². The topological polar surface area (TPSA) is 0 Å². The second-order valence-corrected chi connectivity index (χ2v) is 6.21. The van der Waals surface area contributed by atoms with Gasteiger partial charge in [-0.3, -0.25) is 0 Å². The Morgan fingerprint density at radius 2 is 0.562 bits per heavy atom. The third-order valence-electron chi connectivity index (χ3n) is 4.97. The highest BCUT2D eigenvalue weighted by Gasteiger charge is 2.26. The monoisotopic (exact) mass is 222 g/mol. The summed E-state index contributed by atoms with van der Waals surface area (Å²) >= 11 is 0. The SMILES string of the molecule is C1CCC2CCCCC2C1.C1CCCCC1. The average molecular weight is 222 g/mol. The van der Waals surface area contributed by atoms with Crippen LogP contribution in [0.3, 0.4) is 0 Å². The van der Waals surface area contributed by atoms with Gasteiger partial charge in [-0.25, -0.2) is 0 Å². The molecule has 0 radical (unpaired) electrons. The molecule has 0 aromatic carbocycles. The molecule has 0 N–H and O–H groups in total. The fourth-order valence-corrected chi connectivity index (χ4v) is 3.92. The number of hydrogen-bond donors (Lipinski definition) is 0. The summed E-state index contributed by atoms with van der Waals surface area (Å²) in [4.78, 5) is 0. The molecule has 3 rings (SSSR count). The molecule has 0 amide bonds. The van der Waals surface area contributed by atoms with E-state index in [9.17, 15) is 0 Å². The Hall–Kier alpha value is 0. The van der Waals surface area contributed by atoms with E-state index in [1.807, 2.05) is 0 Å². The molecule has 94 valence electrons. The van der Waals surface area contributed by atoms with Crippen molar-refractivity contribution in [2.75, 3.05) is 0 Å². The van der Waals surface area contributed by atoms with Crippen molar-refractivity contribution in [2.24, 2.45) is 11.8 Å². The molecule has 3 aliphatic carbocycles. The van der Waals surface area contributed by atoms with E-state index < -0.39 is 0 Å². The van der Waals surface area contributed by atoms with E-state index in [-0.39, 0.29) is 0 Å². The van der Waals surface area contributed by atoms with Crippen molar-refractivity contribution >= 4 is 0 Å². The molecule has 0 spiro atoms. The fraction of sp³-hybridized carbons (Fsp3) is 1.00. The normalized spacial score (nSPS) is 34.5. The molecule has 3 aliphatic rings. The van der Waals surface area contributed by atoms with Gasteiger partial charge in [0.25, 0.3) is 0 Å². The smallest absolute Gasteiger partial charge is 0.0386 e. The molecule has 3 saturated carbocycles. The molecule has 0 saturated heterocycles. The van der Waals surface area contributed by atoms with Crippen LogP contribution >= 0.6 is 0 Å². The lowest BCUT2D eigenvalue weighted by molar-refractivity contribution is 0.171. The first-order valence-corrected chi connectivity index (χ1v) is 7.97. The van der Waals surface area contributed by atoms with Crippen LogP contribution in [0, 0.1) is 11.8 Å². The van der Waals surface area contributed by atoms with Gasteiger partial charge in [0.2, 0.25) is 0 Å². The van der Waals surface area contributed by atoms with Gasteiger partial charge in [0.05, 0.1) is 0 Å². The Labute approximate surface area is 102 Å². The molecule has 16 heavy (non-hydrogen) atoms. The van der Waals surface area contributed by atoms with Gasteiger partial charge in [0, 0.05) is 0 Å². The quantitative estimate of drug-likeness (QED) is 0.492.